The summed E-state index contributed by atoms with van der Waals surface area (Å²) in [6.07, 6.45) is 4.50. The summed E-state index contributed by atoms with van der Waals surface area (Å²) in [5.41, 5.74) is 0.869. The van der Waals surface area contributed by atoms with Crippen molar-refractivity contribution in [2.75, 3.05) is 60.2 Å². The summed E-state index contributed by atoms with van der Waals surface area (Å²) in [4.78, 5) is 16.5. The van der Waals surface area contributed by atoms with Gasteiger partial charge in [0.05, 0.1) is 20.3 Å². The van der Waals surface area contributed by atoms with Crippen LogP contribution in [0.15, 0.2) is 60.9 Å². The van der Waals surface area contributed by atoms with Crippen LogP contribution in [-0.2, 0) is 22.6 Å². The Bertz CT molecular complexity index is 1200. The quantitative estimate of drug-likeness (QED) is 0.324. The van der Waals surface area contributed by atoms with Crippen LogP contribution in [0.25, 0.3) is 0 Å². The number of benzene rings is 2. The number of carbonyl (C=O) groups is 1. The van der Waals surface area contributed by atoms with Crippen LogP contribution in [0.5, 0.6) is 17.2 Å². The van der Waals surface area contributed by atoms with Crippen LogP contribution in [0.1, 0.15) is 17.5 Å². The van der Waals surface area contributed by atoms with E-state index in [1.54, 1.807) is 18.2 Å². The molecule has 0 spiro atoms. The van der Waals surface area contributed by atoms with Crippen molar-refractivity contribution in [1.82, 2.24) is 19.6 Å². The highest BCUT2D eigenvalue weighted by atomic mass is 16.5. The predicted octanol–water partition coefficient (Wildman–Crippen LogP) is 2.77. The van der Waals surface area contributed by atoms with Crippen molar-refractivity contribution in [3.05, 3.63) is 72.1 Å². The second-order valence-corrected chi connectivity index (χ2v) is 10.2. The zero-order valence-corrected chi connectivity index (χ0v) is 23.6. The minimum Gasteiger partial charge on any atom is -0.493 e. The van der Waals surface area contributed by atoms with Gasteiger partial charge in [0.25, 0.3) is 0 Å². The zero-order valence-electron chi connectivity index (χ0n) is 23.6. The fraction of sp³-hybridized carbons (Fsp3) is 0.467. The van der Waals surface area contributed by atoms with Crippen LogP contribution in [0.2, 0.25) is 0 Å². The van der Waals surface area contributed by atoms with E-state index in [0.29, 0.717) is 50.0 Å². The SMILES string of the molecule is COCC(=O)N1CCN(Cc2ccc(OC)c(OCCCn3cccn3)c2)C[C@](O)(COc2ccc(C)cc2)C1. The summed E-state index contributed by atoms with van der Waals surface area (Å²) < 4.78 is 24.5. The molecule has 10 nitrogen and oxygen atoms in total. The number of hydrogen-bond acceptors (Lipinski definition) is 8. The fourth-order valence-corrected chi connectivity index (χ4v) is 4.78. The number of β-amino-alcohol motifs (C(OH)–C–C–N with tert-alkyl or cyclic N) is 1. The van der Waals surface area contributed by atoms with E-state index in [4.69, 9.17) is 18.9 Å². The predicted molar refractivity (Wildman–Crippen MR) is 151 cm³/mol. The van der Waals surface area contributed by atoms with Gasteiger partial charge in [0, 0.05) is 58.6 Å². The lowest BCUT2D eigenvalue weighted by Crippen LogP contribution is -2.52. The molecule has 4 rings (SSSR count). The summed E-state index contributed by atoms with van der Waals surface area (Å²) in [7, 11) is 3.12. The molecule has 216 valence electrons. The molecule has 10 heteroatoms. The number of rotatable bonds is 13. The third kappa shape index (κ3) is 8.45. The van der Waals surface area contributed by atoms with Gasteiger partial charge in [-0.25, -0.2) is 0 Å². The van der Waals surface area contributed by atoms with Gasteiger partial charge in [-0.15, -0.1) is 0 Å². The molecule has 1 N–H and O–H groups in total. The molecule has 2 heterocycles. The van der Waals surface area contributed by atoms with E-state index < -0.39 is 5.60 Å². The number of aromatic nitrogens is 2. The van der Waals surface area contributed by atoms with Crippen LogP contribution in [0, 0.1) is 6.92 Å². The molecular weight excluding hydrogens is 512 g/mol. The first-order valence-corrected chi connectivity index (χ1v) is 13.6. The third-order valence-electron chi connectivity index (χ3n) is 6.82. The van der Waals surface area contributed by atoms with Crippen molar-refractivity contribution in [3.63, 3.8) is 0 Å². The van der Waals surface area contributed by atoms with Gasteiger partial charge in [-0.2, -0.15) is 5.10 Å². The highest BCUT2D eigenvalue weighted by Crippen LogP contribution is 2.29. The van der Waals surface area contributed by atoms with Gasteiger partial charge in [-0.3, -0.25) is 14.4 Å². The summed E-state index contributed by atoms with van der Waals surface area (Å²) in [5, 5.41) is 15.9. The minimum atomic E-state index is -1.27. The fourth-order valence-electron chi connectivity index (χ4n) is 4.78. The summed E-state index contributed by atoms with van der Waals surface area (Å²) in [6, 6.07) is 15.5. The van der Waals surface area contributed by atoms with E-state index in [0.717, 1.165) is 24.1 Å². The monoisotopic (exact) mass is 552 g/mol. The lowest BCUT2D eigenvalue weighted by molar-refractivity contribution is -0.138. The number of aryl methyl sites for hydroxylation is 2. The number of hydrogen-bond donors (Lipinski definition) is 1. The van der Waals surface area contributed by atoms with Gasteiger partial charge >= 0.3 is 0 Å². The molecule has 1 aliphatic heterocycles. The molecule has 0 bridgehead atoms. The molecule has 1 aliphatic rings. The van der Waals surface area contributed by atoms with Crippen LogP contribution in [0.3, 0.4) is 0 Å². The highest BCUT2D eigenvalue weighted by Gasteiger charge is 2.37. The number of nitrogens with zero attached hydrogens (tertiary/aromatic N) is 4. The van der Waals surface area contributed by atoms with Crippen molar-refractivity contribution < 1.29 is 28.8 Å². The average Bonchev–Trinajstić information content (AvgIpc) is 3.41. The average molecular weight is 553 g/mol. The molecule has 1 amide bonds. The van der Waals surface area contributed by atoms with Gasteiger partial charge < -0.3 is 29.0 Å². The van der Waals surface area contributed by atoms with Crippen molar-refractivity contribution in [1.29, 1.82) is 0 Å². The molecule has 0 radical (unpaired) electrons. The first-order valence-electron chi connectivity index (χ1n) is 13.6. The van der Waals surface area contributed by atoms with E-state index in [9.17, 15) is 9.90 Å². The van der Waals surface area contributed by atoms with Crippen molar-refractivity contribution in [2.45, 2.75) is 32.0 Å². The Hall–Kier alpha value is -3.60. The second-order valence-electron chi connectivity index (χ2n) is 10.2. The highest BCUT2D eigenvalue weighted by molar-refractivity contribution is 5.77. The van der Waals surface area contributed by atoms with Crippen LogP contribution < -0.4 is 14.2 Å². The molecular formula is C30H40N4O6. The Morgan fingerprint density at radius 1 is 1.05 bits per heavy atom. The summed E-state index contributed by atoms with van der Waals surface area (Å²) >= 11 is 0. The van der Waals surface area contributed by atoms with E-state index in [2.05, 4.69) is 10.00 Å². The Labute approximate surface area is 236 Å². The largest absolute Gasteiger partial charge is 0.493 e. The standard InChI is InChI=1S/C30H40N4O6/c1-24-6-9-26(10-7-24)40-23-30(36)21-32(15-16-33(22-30)29(35)20-37-2)19-25-8-11-27(38-3)28(18-25)39-17-5-14-34-13-4-12-31-34/h4,6-13,18,36H,5,14-17,19-23H2,1-3H3/t30-/m1/s1. The molecule has 1 atom stereocenters. The second kappa shape index (κ2) is 14.2. The van der Waals surface area contributed by atoms with Crippen molar-refractivity contribution >= 4 is 5.91 Å². The number of methoxy groups -OCH3 is 2. The Morgan fingerprint density at radius 3 is 2.60 bits per heavy atom. The summed E-state index contributed by atoms with van der Waals surface area (Å²) in [5.74, 6) is 1.85. The zero-order chi connectivity index (χ0) is 28.4. The van der Waals surface area contributed by atoms with Crippen molar-refractivity contribution in [2.24, 2.45) is 0 Å². The van der Waals surface area contributed by atoms with Gasteiger partial charge in [-0.05, 0) is 42.8 Å². The Balaban J connectivity index is 1.43. The van der Waals surface area contributed by atoms with Gasteiger partial charge in [0.1, 0.15) is 24.6 Å². The van der Waals surface area contributed by atoms with Crippen LogP contribution in [-0.4, -0.2) is 96.4 Å². The minimum absolute atomic E-state index is 0.0333. The summed E-state index contributed by atoms with van der Waals surface area (Å²) in [6.45, 7) is 5.44. The molecule has 2 aromatic carbocycles. The maximum atomic E-state index is 12.7. The number of aliphatic hydroxyl groups is 1. The Morgan fingerprint density at radius 2 is 1.88 bits per heavy atom. The maximum Gasteiger partial charge on any atom is 0.248 e. The lowest BCUT2D eigenvalue weighted by Gasteiger charge is -2.33. The molecule has 3 aromatic rings. The van der Waals surface area contributed by atoms with Crippen molar-refractivity contribution in [3.8, 4) is 17.2 Å². The normalized spacial score (nSPS) is 17.9. The lowest BCUT2D eigenvalue weighted by atomic mass is 10.0. The number of carbonyl (C=O) groups excluding carboxylic acids is 1. The van der Waals surface area contributed by atoms with Gasteiger partial charge in [-0.1, -0.05) is 23.8 Å². The molecule has 0 saturated carbocycles. The third-order valence-corrected chi connectivity index (χ3v) is 6.82. The first kappa shape index (κ1) is 29.4. The molecule has 1 fully saturated rings. The molecule has 1 aromatic heterocycles. The van der Waals surface area contributed by atoms with Gasteiger partial charge in [0.2, 0.25) is 5.91 Å². The van der Waals surface area contributed by atoms with Crippen LogP contribution in [0.4, 0.5) is 0 Å². The number of ether oxygens (including phenoxy) is 4. The van der Waals surface area contributed by atoms with E-state index in [-0.39, 0.29) is 25.7 Å². The molecule has 0 unspecified atom stereocenters. The van der Waals surface area contributed by atoms with Gasteiger partial charge in [0.15, 0.2) is 11.5 Å². The Kier molecular flexibility index (Phi) is 10.4. The topological polar surface area (TPSA) is 98.5 Å². The molecule has 1 saturated heterocycles. The molecule has 40 heavy (non-hydrogen) atoms. The van der Waals surface area contributed by atoms with E-state index in [1.807, 2.05) is 66.3 Å². The first-order chi connectivity index (χ1) is 19.4. The smallest absolute Gasteiger partial charge is 0.248 e. The molecule has 0 aliphatic carbocycles. The maximum absolute atomic E-state index is 12.7. The van der Waals surface area contributed by atoms with Crippen LogP contribution >= 0.6 is 0 Å². The van der Waals surface area contributed by atoms with E-state index >= 15 is 0 Å². The number of amides is 1. The van der Waals surface area contributed by atoms with E-state index in [1.165, 1.54) is 7.11 Å².